The van der Waals surface area contributed by atoms with Crippen LogP contribution in [-0.2, 0) is 16.1 Å². The molecule has 100 valence electrons. The van der Waals surface area contributed by atoms with Crippen molar-refractivity contribution in [1.29, 1.82) is 0 Å². The third kappa shape index (κ3) is 3.56. The van der Waals surface area contributed by atoms with Crippen LogP contribution in [0.1, 0.15) is 29.0 Å². The number of carbonyl (C=O) groups is 1. The smallest absolute Gasteiger partial charge is 0.268 e. The van der Waals surface area contributed by atoms with Gasteiger partial charge in [0.25, 0.3) is 5.91 Å². The van der Waals surface area contributed by atoms with Gasteiger partial charge in [0.2, 0.25) is 0 Å². The van der Waals surface area contributed by atoms with E-state index in [-0.39, 0.29) is 5.91 Å². The molecule has 0 atom stereocenters. The number of nitrogens with two attached hydrogens (primary N) is 1. The molecule has 0 spiro atoms. The molecule has 1 aromatic heterocycles. The molecule has 3 N–H and O–H groups in total. The summed E-state index contributed by atoms with van der Waals surface area (Å²) in [4.78, 5) is 11.2. The maximum atomic E-state index is 11.2. The second kappa shape index (κ2) is 6.53. The molecule has 0 unspecified atom stereocenters. The van der Waals surface area contributed by atoms with Crippen LogP contribution < -0.4 is 11.3 Å². The van der Waals surface area contributed by atoms with Gasteiger partial charge in [0.05, 0.1) is 12.2 Å². The fourth-order valence-electron chi connectivity index (χ4n) is 1.90. The fraction of sp³-hybridized carbons (Fsp3) is 0.583. The molecule has 0 aliphatic carbocycles. The number of nitrogen functional groups attached to an aromatic ring is 1. The summed E-state index contributed by atoms with van der Waals surface area (Å²) in [5, 5.41) is 0. The minimum atomic E-state index is -0.366. The first-order chi connectivity index (χ1) is 8.79. The number of hydrogen-bond donors (Lipinski definition) is 2. The molecule has 0 aromatic carbocycles. The van der Waals surface area contributed by atoms with Gasteiger partial charge in [0.1, 0.15) is 18.6 Å². The molecule has 2 rings (SSSR count). The predicted molar refractivity (Wildman–Crippen MR) is 63.6 cm³/mol. The molecule has 6 heteroatoms. The van der Waals surface area contributed by atoms with Crippen LogP contribution in [0.4, 0.5) is 0 Å². The maximum Gasteiger partial charge on any atom is 0.268 e. The Balaban J connectivity index is 1.72. The predicted octanol–water partition coefficient (Wildman–Crippen LogP) is 0.826. The van der Waals surface area contributed by atoms with Crippen molar-refractivity contribution < 1.29 is 18.7 Å². The van der Waals surface area contributed by atoms with Crippen molar-refractivity contribution >= 4 is 5.91 Å². The number of amides is 1. The lowest BCUT2D eigenvalue weighted by atomic mass is 10.0. The van der Waals surface area contributed by atoms with E-state index in [9.17, 15) is 4.79 Å². The number of ether oxygens (including phenoxy) is 2. The van der Waals surface area contributed by atoms with E-state index >= 15 is 0 Å². The number of rotatable bonds is 5. The molecule has 1 fully saturated rings. The normalized spacial score (nSPS) is 16.7. The molecule has 1 aliphatic heterocycles. The molecule has 1 aliphatic rings. The largest absolute Gasteiger partial charge is 0.466 e. The Morgan fingerprint density at radius 3 is 3.00 bits per heavy atom. The van der Waals surface area contributed by atoms with Gasteiger partial charge in [-0.15, -0.1) is 0 Å². The van der Waals surface area contributed by atoms with Crippen LogP contribution in [0.3, 0.4) is 0 Å². The van der Waals surface area contributed by atoms with Crippen LogP contribution in [0.15, 0.2) is 16.7 Å². The summed E-state index contributed by atoms with van der Waals surface area (Å²) in [6.07, 6.45) is 3.45. The van der Waals surface area contributed by atoms with Gasteiger partial charge in [-0.05, 0) is 24.8 Å². The Morgan fingerprint density at radius 2 is 2.28 bits per heavy atom. The lowest BCUT2D eigenvalue weighted by Gasteiger charge is -2.21. The lowest BCUT2D eigenvalue weighted by molar-refractivity contribution is 0.0120. The molecule has 2 heterocycles. The molecule has 0 saturated carbocycles. The summed E-state index contributed by atoms with van der Waals surface area (Å²) in [5.74, 6) is 5.84. The quantitative estimate of drug-likeness (QED) is 0.461. The van der Waals surface area contributed by atoms with Gasteiger partial charge >= 0.3 is 0 Å². The van der Waals surface area contributed by atoms with Gasteiger partial charge in [-0.25, -0.2) is 5.84 Å². The molecule has 0 bridgehead atoms. The van der Waals surface area contributed by atoms with E-state index in [4.69, 9.17) is 19.7 Å². The van der Waals surface area contributed by atoms with Gasteiger partial charge in [-0.1, -0.05) is 0 Å². The van der Waals surface area contributed by atoms with E-state index in [2.05, 4.69) is 0 Å². The Kier molecular flexibility index (Phi) is 4.74. The Morgan fingerprint density at radius 1 is 1.50 bits per heavy atom. The highest BCUT2D eigenvalue weighted by Gasteiger charge is 2.14. The van der Waals surface area contributed by atoms with E-state index in [1.807, 2.05) is 5.43 Å². The Labute approximate surface area is 105 Å². The number of nitrogens with one attached hydrogen (secondary N) is 1. The number of hydrazine groups is 1. The molecule has 1 saturated heterocycles. The highest BCUT2D eigenvalue weighted by Crippen LogP contribution is 2.16. The first-order valence-electron chi connectivity index (χ1n) is 6.03. The van der Waals surface area contributed by atoms with Crippen LogP contribution in [0.25, 0.3) is 0 Å². The number of carbonyl (C=O) groups excluding carboxylic acids is 1. The third-order valence-electron chi connectivity index (χ3n) is 2.99. The second-order valence-corrected chi connectivity index (χ2v) is 4.35. The second-order valence-electron chi connectivity index (χ2n) is 4.35. The zero-order valence-corrected chi connectivity index (χ0v) is 10.2. The molecule has 1 aromatic rings. The average Bonchev–Trinajstić information content (AvgIpc) is 2.88. The van der Waals surface area contributed by atoms with Crippen LogP contribution in [0.5, 0.6) is 0 Å². The minimum Gasteiger partial charge on any atom is -0.466 e. The van der Waals surface area contributed by atoms with Crippen molar-refractivity contribution in [3.8, 4) is 0 Å². The van der Waals surface area contributed by atoms with E-state index in [0.29, 0.717) is 30.5 Å². The first kappa shape index (κ1) is 13.1. The van der Waals surface area contributed by atoms with Crippen molar-refractivity contribution in [2.45, 2.75) is 19.4 Å². The third-order valence-corrected chi connectivity index (χ3v) is 2.99. The summed E-state index contributed by atoms with van der Waals surface area (Å²) >= 11 is 0. The van der Waals surface area contributed by atoms with Gasteiger partial charge < -0.3 is 13.9 Å². The molecular weight excluding hydrogens is 236 g/mol. The molecular formula is C12H18N2O4. The van der Waals surface area contributed by atoms with Gasteiger partial charge in [0, 0.05) is 13.2 Å². The highest BCUT2D eigenvalue weighted by molar-refractivity contribution is 5.93. The van der Waals surface area contributed by atoms with Crippen LogP contribution in [0, 0.1) is 5.92 Å². The zero-order valence-electron chi connectivity index (χ0n) is 10.2. The maximum absolute atomic E-state index is 11.2. The highest BCUT2D eigenvalue weighted by atomic mass is 16.5. The van der Waals surface area contributed by atoms with Crippen molar-refractivity contribution in [3.63, 3.8) is 0 Å². The summed E-state index contributed by atoms with van der Waals surface area (Å²) in [6, 6.07) is 1.63. The molecule has 6 nitrogen and oxygen atoms in total. The SMILES string of the molecule is NNC(=O)c1coc(COCC2CCOCC2)c1. The van der Waals surface area contributed by atoms with E-state index in [1.54, 1.807) is 6.07 Å². The fourth-order valence-corrected chi connectivity index (χ4v) is 1.90. The van der Waals surface area contributed by atoms with E-state index < -0.39 is 0 Å². The standard InChI is InChI=1S/C12H18N2O4/c13-14-12(15)10-5-11(18-7-10)8-17-6-9-1-3-16-4-2-9/h5,7,9H,1-4,6,8,13H2,(H,14,15). The molecule has 1 amide bonds. The number of furan rings is 1. The summed E-state index contributed by atoms with van der Waals surface area (Å²) in [5.41, 5.74) is 2.45. The Bertz CT molecular complexity index is 385. The molecule has 18 heavy (non-hydrogen) atoms. The van der Waals surface area contributed by atoms with Gasteiger partial charge in [-0.3, -0.25) is 10.2 Å². The van der Waals surface area contributed by atoms with Crippen LogP contribution in [-0.4, -0.2) is 25.7 Å². The molecule has 0 radical (unpaired) electrons. The zero-order chi connectivity index (χ0) is 12.8. The van der Waals surface area contributed by atoms with Gasteiger partial charge in [-0.2, -0.15) is 0 Å². The minimum absolute atomic E-state index is 0.366. The van der Waals surface area contributed by atoms with Crippen molar-refractivity contribution in [1.82, 2.24) is 5.43 Å². The van der Waals surface area contributed by atoms with E-state index in [0.717, 1.165) is 26.1 Å². The average molecular weight is 254 g/mol. The summed E-state index contributed by atoms with van der Waals surface area (Å²) in [7, 11) is 0. The first-order valence-corrected chi connectivity index (χ1v) is 6.03. The van der Waals surface area contributed by atoms with E-state index in [1.165, 1.54) is 6.26 Å². The van der Waals surface area contributed by atoms with Crippen LogP contribution >= 0.6 is 0 Å². The Hall–Kier alpha value is -1.37. The summed E-state index contributed by atoms with van der Waals surface area (Å²) in [6.45, 7) is 2.70. The number of hydrogen-bond acceptors (Lipinski definition) is 5. The lowest BCUT2D eigenvalue weighted by Crippen LogP contribution is -2.29. The van der Waals surface area contributed by atoms with Crippen LogP contribution in [0.2, 0.25) is 0 Å². The monoisotopic (exact) mass is 254 g/mol. The topological polar surface area (TPSA) is 86.7 Å². The van der Waals surface area contributed by atoms with Crippen molar-refractivity contribution in [2.75, 3.05) is 19.8 Å². The van der Waals surface area contributed by atoms with Crippen molar-refractivity contribution in [2.24, 2.45) is 11.8 Å². The summed E-state index contributed by atoms with van der Waals surface area (Å²) < 4.78 is 16.1. The van der Waals surface area contributed by atoms with Gasteiger partial charge in [0.15, 0.2) is 0 Å². The van der Waals surface area contributed by atoms with Crippen molar-refractivity contribution in [3.05, 3.63) is 23.7 Å².